The van der Waals surface area contributed by atoms with Crippen LogP contribution in [0.25, 0.3) is 0 Å². The molecular weight excluding hydrogens is 232 g/mol. The third-order valence-corrected chi connectivity index (χ3v) is 2.50. The molecular formula is C13H12N2O3. The van der Waals surface area contributed by atoms with Gasteiger partial charge < -0.3 is 5.11 Å². The Bertz CT molecular complexity index is 527. The van der Waals surface area contributed by atoms with Crippen molar-refractivity contribution in [1.82, 2.24) is 4.98 Å². The topological polar surface area (TPSA) is 70.5 Å². The zero-order valence-electron chi connectivity index (χ0n) is 9.72. The molecule has 18 heavy (non-hydrogen) atoms. The first-order valence-electron chi connectivity index (χ1n) is 5.64. The van der Waals surface area contributed by atoms with Crippen LogP contribution in [0.2, 0.25) is 0 Å². The van der Waals surface area contributed by atoms with Crippen molar-refractivity contribution in [1.29, 1.82) is 0 Å². The number of amides is 2. The summed E-state index contributed by atoms with van der Waals surface area (Å²) in [5.74, 6) is 5.48. The molecule has 0 atom stereocenters. The lowest BCUT2D eigenvalue weighted by molar-refractivity contribution is -0.121. The normalized spacial score (nSPS) is 14.6. The van der Waals surface area contributed by atoms with Crippen molar-refractivity contribution in [2.75, 3.05) is 11.5 Å². The number of carbonyl (C=O) groups excluding carboxylic acids is 2. The molecule has 0 radical (unpaired) electrons. The van der Waals surface area contributed by atoms with E-state index in [-0.39, 0.29) is 31.3 Å². The van der Waals surface area contributed by atoms with Crippen LogP contribution in [-0.2, 0) is 9.59 Å². The van der Waals surface area contributed by atoms with Crippen LogP contribution >= 0.6 is 0 Å². The molecule has 5 heteroatoms. The number of anilines is 1. The maximum Gasteiger partial charge on any atom is 0.235 e. The summed E-state index contributed by atoms with van der Waals surface area (Å²) in [6.07, 6.45) is 2.37. The van der Waals surface area contributed by atoms with Gasteiger partial charge in [-0.3, -0.25) is 9.59 Å². The summed E-state index contributed by atoms with van der Waals surface area (Å²) in [7, 11) is 0. The molecule has 0 unspecified atom stereocenters. The second-order valence-electron chi connectivity index (χ2n) is 3.80. The number of aromatic nitrogens is 1. The molecule has 5 nitrogen and oxygen atoms in total. The summed E-state index contributed by atoms with van der Waals surface area (Å²) in [4.78, 5) is 28.2. The maximum atomic E-state index is 11.6. The standard InChI is InChI=1S/C13H12N2O3/c16-8-2-1-3-10-6-7-14-11(9-10)15-12(17)4-5-13(15)18/h6-7,9,16H,2,4-5,8H2. The van der Waals surface area contributed by atoms with Crippen molar-refractivity contribution in [2.45, 2.75) is 19.3 Å². The minimum absolute atomic E-state index is 0.00797. The van der Waals surface area contributed by atoms with Crippen LogP contribution in [0.5, 0.6) is 0 Å². The van der Waals surface area contributed by atoms with Crippen LogP contribution in [0.3, 0.4) is 0 Å². The van der Waals surface area contributed by atoms with Gasteiger partial charge in [0.25, 0.3) is 0 Å². The Balaban J connectivity index is 2.25. The van der Waals surface area contributed by atoms with Gasteiger partial charge in [0.05, 0.1) is 6.61 Å². The molecule has 0 aromatic carbocycles. The highest BCUT2D eigenvalue weighted by Gasteiger charge is 2.31. The van der Waals surface area contributed by atoms with E-state index in [2.05, 4.69) is 16.8 Å². The van der Waals surface area contributed by atoms with Gasteiger partial charge in [0.2, 0.25) is 11.8 Å². The Morgan fingerprint density at radius 2 is 2.06 bits per heavy atom. The van der Waals surface area contributed by atoms with Crippen molar-refractivity contribution < 1.29 is 14.7 Å². The molecule has 1 aliphatic heterocycles. The fourth-order valence-electron chi connectivity index (χ4n) is 1.67. The average Bonchev–Trinajstić information content (AvgIpc) is 2.70. The zero-order valence-corrected chi connectivity index (χ0v) is 9.72. The van der Waals surface area contributed by atoms with E-state index in [4.69, 9.17) is 5.11 Å². The molecule has 1 N–H and O–H groups in total. The molecule has 1 saturated heterocycles. The van der Waals surface area contributed by atoms with Crippen molar-refractivity contribution in [3.05, 3.63) is 23.9 Å². The molecule has 92 valence electrons. The van der Waals surface area contributed by atoms with Crippen LogP contribution in [-0.4, -0.2) is 28.5 Å². The van der Waals surface area contributed by atoms with Gasteiger partial charge in [-0.15, -0.1) is 0 Å². The number of aliphatic hydroxyl groups is 1. The molecule has 1 aliphatic rings. The Hall–Kier alpha value is -2.19. The summed E-state index contributed by atoms with van der Waals surface area (Å²) in [5, 5.41) is 8.63. The van der Waals surface area contributed by atoms with Crippen LogP contribution in [0, 0.1) is 11.8 Å². The third-order valence-electron chi connectivity index (χ3n) is 2.50. The first-order valence-corrected chi connectivity index (χ1v) is 5.64. The summed E-state index contributed by atoms with van der Waals surface area (Å²) in [6.45, 7) is 0.00797. The second-order valence-corrected chi connectivity index (χ2v) is 3.80. The predicted molar refractivity (Wildman–Crippen MR) is 64.5 cm³/mol. The number of imide groups is 1. The first-order chi connectivity index (χ1) is 8.72. The van der Waals surface area contributed by atoms with E-state index < -0.39 is 0 Å². The number of rotatable bonds is 2. The number of nitrogens with zero attached hydrogens (tertiary/aromatic N) is 2. The second kappa shape index (κ2) is 5.43. The lowest BCUT2D eigenvalue weighted by Crippen LogP contribution is -2.29. The molecule has 2 amide bonds. The predicted octanol–water partition coefficient (Wildman–Crippen LogP) is 0.469. The largest absolute Gasteiger partial charge is 0.395 e. The monoisotopic (exact) mass is 244 g/mol. The van der Waals surface area contributed by atoms with Crippen LogP contribution in [0.4, 0.5) is 5.82 Å². The molecule has 0 aliphatic carbocycles. The highest BCUT2D eigenvalue weighted by Crippen LogP contribution is 2.20. The third kappa shape index (κ3) is 2.55. The average molecular weight is 244 g/mol. The smallest absolute Gasteiger partial charge is 0.235 e. The molecule has 1 aromatic rings. The summed E-state index contributed by atoms with van der Waals surface area (Å²) < 4.78 is 0. The number of aliphatic hydroxyl groups excluding tert-OH is 1. The number of hydrogen-bond acceptors (Lipinski definition) is 4. The minimum Gasteiger partial charge on any atom is -0.395 e. The van der Waals surface area contributed by atoms with E-state index in [0.29, 0.717) is 17.8 Å². The van der Waals surface area contributed by atoms with E-state index in [1.165, 1.54) is 6.20 Å². The minimum atomic E-state index is -0.229. The number of carbonyl (C=O) groups is 2. The van der Waals surface area contributed by atoms with E-state index >= 15 is 0 Å². The lowest BCUT2D eigenvalue weighted by Gasteiger charge is -2.12. The van der Waals surface area contributed by atoms with Gasteiger partial charge in [0.1, 0.15) is 5.82 Å². The van der Waals surface area contributed by atoms with E-state index in [0.717, 1.165) is 4.90 Å². The van der Waals surface area contributed by atoms with Crippen LogP contribution in [0.1, 0.15) is 24.8 Å². The van der Waals surface area contributed by atoms with Gasteiger partial charge >= 0.3 is 0 Å². The Morgan fingerprint density at radius 1 is 1.33 bits per heavy atom. The lowest BCUT2D eigenvalue weighted by atomic mass is 10.2. The molecule has 0 bridgehead atoms. The van der Waals surface area contributed by atoms with E-state index in [1.807, 2.05) is 0 Å². The Kier molecular flexibility index (Phi) is 3.70. The zero-order chi connectivity index (χ0) is 13.0. The van der Waals surface area contributed by atoms with Gasteiger partial charge in [-0.1, -0.05) is 11.8 Å². The van der Waals surface area contributed by atoms with Crippen molar-refractivity contribution in [3.8, 4) is 11.8 Å². The Morgan fingerprint density at radius 3 is 2.72 bits per heavy atom. The van der Waals surface area contributed by atoms with Gasteiger partial charge in [0, 0.05) is 31.0 Å². The molecule has 1 fully saturated rings. The molecule has 2 heterocycles. The van der Waals surface area contributed by atoms with Crippen LogP contribution in [0.15, 0.2) is 18.3 Å². The highest BCUT2D eigenvalue weighted by atomic mass is 16.2. The molecule has 0 spiro atoms. The summed E-state index contributed by atoms with van der Waals surface area (Å²) in [5.41, 5.74) is 0.668. The Labute approximate surface area is 104 Å². The van der Waals surface area contributed by atoms with Gasteiger partial charge in [-0.05, 0) is 12.1 Å². The van der Waals surface area contributed by atoms with E-state index in [1.54, 1.807) is 12.1 Å². The van der Waals surface area contributed by atoms with Crippen molar-refractivity contribution in [3.63, 3.8) is 0 Å². The number of hydrogen-bond donors (Lipinski definition) is 1. The van der Waals surface area contributed by atoms with Gasteiger partial charge in [-0.25, -0.2) is 9.88 Å². The first kappa shape index (κ1) is 12.3. The number of pyridine rings is 1. The molecule has 2 rings (SSSR count). The van der Waals surface area contributed by atoms with Crippen molar-refractivity contribution in [2.24, 2.45) is 0 Å². The molecule has 1 aromatic heterocycles. The SMILES string of the molecule is O=C1CCC(=O)N1c1cc(C#CCCO)ccn1. The maximum absolute atomic E-state index is 11.6. The highest BCUT2D eigenvalue weighted by molar-refractivity contribution is 6.19. The summed E-state index contributed by atoms with van der Waals surface area (Å²) in [6, 6.07) is 3.30. The van der Waals surface area contributed by atoms with Gasteiger partial charge in [-0.2, -0.15) is 0 Å². The van der Waals surface area contributed by atoms with Gasteiger partial charge in [0.15, 0.2) is 0 Å². The van der Waals surface area contributed by atoms with Crippen molar-refractivity contribution >= 4 is 17.6 Å². The fraction of sp³-hybridized carbons (Fsp3) is 0.308. The summed E-state index contributed by atoms with van der Waals surface area (Å²) >= 11 is 0. The quantitative estimate of drug-likeness (QED) is 0.606. The fourth-order valence-corrected chi connectivity index (χ4v) is 1.67. The van der Waals surface area contributed by atoms with Crippen LogP contribution < -0.4 is 4.90 Å². The van der Waals surface area contributed by atoms with E-state index in [9.17, 15) is 9.59 Å². The molecule has 0 saturated carbocycles.